The van der Waals surface area contributed by atoms with Crippen LogP contribution in [0, 0.1) is 0 Å². The molecular weight excluding hydrogens is 425 g/mol. The number of halogens is 3. The molecule has 0 aliphatic rings. The van der Waals surface area contributed by atoms with Gasteiger partial charge >= 0.3 is 6.18 Å². The maximum atomic E-state index is 13.1. The summed E-state index contributed by atoms with van der Waals surface area (Å²) in [5, 5.41) is 10.7. The molecule has 0 saturated carbocycles. The summed E-state index contributed by atoms with van der Waals surface area (Å²) in [6, 6.07) is 13.9. The summed E-state index contributed by atoms with van der Waals surface area (Å²) in [7, 11) is 0. The number of furan rings is 1. The molecule has 0 saturated heterocycles. The Morgan fingerprint density at radius 1 is 1.03 bits per heavy atom. The van der Waals surface area contributed by atoms with Crippen LogP contribution < -0.4 is 5.32 Å². The van der Waals surface area contributed by atoms with Gasteiger partial charge in [-0.1, -0.05) is 17.3 Å². The van der Waals surface area contributed by atoms with Crippen LogP contribution in [-0.2, 0) is 24.1 Å². The first-order valence-electron chi connectivity index (χ1n) is 9.56. The zero-order valence-corrected chi connectivity index (χ0v) is 16.4. The molecule has 5 aromatic rings. The van der Waals surface area contributed by atoms with Crippen LogP contribution in [0.3, 0.4) is 0 Å². The van der Waals surface area contributed by atoms with Crippen molar-refractivity contribution in [3.05, 3.63) is 72.2 Å². The number of benzene rings is 2. The maximum absolute atomic E-state index is 13.1. The normalized spacial score (nSPS) is 12.0. The predicted octanol–water partition coefficient (Wildman–Crippen LogP) is 4.08. The standard InChI is InChI=1S/C21H15F3N6O2/c22-21(23,24)13-7-8-17-16(10-13)25-20(29(17)11-14-4-3-9-32-14)26-19(31)12-30-18-6-2-1-5-15(18)27-28-30/h1-10H,11-12H2,(H,25,26,31). The van der Waals surface area contributed by atoms with Crippen molar-refractivity contribution in [3.8, 4) is 0 Å². The third-order valence-corrected chi connectivity index (χ3v) is 4.93. The summed E-state index contributed by atoms with van der Waals surface area (Å²) in [5.41, 5.74) is 1.04. The van der Waals surface area contributed by atoms with E-state index in [2.05, 4.69) is 20.6 Å². The van der Waals surface area contributed by atoms with Gasteiger partial charge in [-0.15, -0.1) is 5.10 Å². The van der Waals surface area contributed by atoms with Gasteiger partial charge in [-0.3, -0.25) is 10.1 Å². The van der Waals surface area contributed by atoms with Crippen LogP contribution in [0.2, 0.25) is 0 Å². The van der Waals surface area contributed by atoms with E-state index < -0.39 is 17.6 Å². The molecule has 0 radical (unpaired) electrons. The number of imidazole rings is 1. The van der Waals surface area contributed by atoms with Crippen LogP contribution in [-0.4, -0.2) is 30.5 Å². The van der Waals surface area contributed by atoms with Gasteiger partial charge in [0.1, 0.15) is 17.8 Å². The molecule has 8 nitrogen and oxygen atoms in total. The van der Waals surface area contributed by atoms with Crippen LogP contribution in [0.25, 0.3) is 22.1 Å². The van der Waals surface area contributed by atoms with E-state index in [0.29, 0.717) is 22.3 Å². The summed E-state index contributed by atoms with van der Waals surface area (Å²) in [6.07, 6.45) is -3.01. The van der Waals surface area contributed by atoms with E-state index >= 15 is 0 Å². The van der Waals surface area contributed by atoms with Gasteiger partial charge in [-0.2, -0.15) is 13.2 Å². The number of alkyl halides is 3. The molecule has 0 aliphatic carbocycles. The molecule has 0 atom stereocenters. The third-order valence-electron chi connectivity index (χ3n) is 4.93. The topological polar surface area (TPSA) is 90.8 Å². The minimum Gasteiger partial charge on any atom is -0.467 e. The Morgan fingerprint density at radius 3 is 2.66 bits per heavy atom. The first kappa shape index (κ1) is 19.8. The molecule has 1 amide bonds. The van der Waals surface area contributed by atoms with Gasteiger partial charge < -0.3 is 8.98 Å². The van der Waals surface area contributed by atoms with Crippen LogP contribution in [0.5, 0.6) is 0 Å². The van der Waals surface area contributed by atoms with Crippen molar-refractivity contribution in [2.45, 2.75) is 19.3 Å². The Morgan fingerprint density at radius 2 is 1.88 bits per heavy atom. The second-order valence-electron chi connectivity index (χ2n) is 7.09. The molecule has 162 valence electrons. The van der Waals surface area contributed by atoms with E-state index in [4.69, 9.17) is 4.42 Å². The largest absolute Gasteiger partial charge is 0.467 e. The van der Waals surface area contributed by atoms with E-state index in [1.165, 1.54) is 17.0 Å². The number of hydrogen-bond donors (Lipinski definition) is 1. The number of amides is 1. The van der Waals surface area contributed by atoms with Crippen molar-refractivity contribution in [2.75, 3.05) is 5.32 Å². The van der Waals surface area contributed by atoms with E-state index in [0.717, 1.165) is 12.1 Å². The molecule has 3 heterocycles. The van der Waals surface area contributed by atoms with Gasteiger partial charge in [0.2, 0.25) is 11.9 Å². The zero-order valence-electron chi connectivity index (χ0n) is 16.4. The van der Waals surface area contributed by atoms with E-state index in [1.54, 1.807) is 34.9 Å². The Bertz CT molecular complexity index is 1420. The lowest BCUT2D eigenvalue weighted by molar-refractivity contribution is -0.137. The Kier molecular flexibility index (Phi) is 4.65. The molecule has 0 aliphatic heterocycles. The number of nitrogens with one attached hydrogen (secondary N) is 1. The van der Waals surface area contributed by atoms with Gasteiger partial charge in [0.05, 0.1) is 34.9 Å². The molecule has 11 heteroatoms. The fourth-order valence-electron chi connectivity index (χ4n) is 3.45. The van der Waals surface area contributed by atoms with Crippen molar-refractivity contribution < 1.29 is 22.4 Å². The van der Waals surface area contributed by atoms with Crippen molar-refractivity contribution in [3.63, 3.8) is 0 Å². The number of fused-ring (bicyclic) bond motifs is 2. The molecule has 32 heavy (non-hydrogen) atoms. The minimum atomic E-state index is -4.50. The average molecular weight is 440 g/mol. The smallest absolute Gasteiger partial charge is 0.416 e. The highest BCUT2D eigenvalue weighted by Crippen LogP contribution is 2.32. The van der Waals surface area contributed by atoms with E-state index in [9.17, 15) is 18.0 Å². The lowest BCUT2D eigenvalue weighted by Gasteiger charge is -2.10. The summed E-state index contributed by atoms with van der Waals surface area (Å²) in [5.74, 6) is 0.208. The summed E-state index contributed by atoms with van der Waals surface area (Å²) in [6.45, 7) is 0.0367. The van der Waals surface area contributed by atoms with E-state index in [-0.39, 0.29) is 24.6 Å². The number of nitrogens with zero attached hydrogens (tertiary/aromatic N) is 5. The predicted molar refractivity (Wildman–Crippen MR) is 109 cm³/mol. The molecule has 0 unspecified atom stereocenters. The van der Waals surface area contributed by atoms with Gasteiger partial charge in [0, 0.05) is 0 Å². The SMILES string of the molecule is O=C(Cn1nnc2ccccc21)Nc1nc2cc(C(F)(F)F)ccc2n1Cc1ccco1. The number of carbonyl (C=O) groups excluding carboxylic acids is 1. The van der Waals surface area contributed by atoms with Crippen molar-refractivity contribution >= 4 is 33.9 Å². The quantitative estimate of drug-likeness (QED) is 0.445. The minimum absolute atomic E-state index is 0.102. The molecule has 0 bridgehead atoms. The Hall–Kier alpha value is -4.15. The first-order valence-corrected chi connectivity index (χ1v) is 9.56. The first-order chi connectivity index (χ1) is 15.4. The Balaban J connectivity index is 1.49. The number of carbonyl (C=O) groups is 1. The molecule has 0 fully saturated rings. The highest BCUT2D eigenvalue weighted by atomic mass is 19.4. The lowest BCUT2D eigenvalue weighted by atomic mass is 10.2. The fourth-order valence-corrected chi connectivity index (χ4v) is 3.45. The highest BCUT2D eigenvalue weighted by Gasteiger charge is 2.31. The van der Waals surface area contributed by atoms with Gasteiger partial charge in [-0.25, -0.2) is 9.67 Å². The Labute approximate surface area is 178 Å². The van der Waals surface area contributed by atoms with Crippen LogP contribution in [0.1, 0.15) is 11.3 Å². The summed E-state index contributed by atoms with van der Waals surface area (Å²) >= 11 is 0. The van der Waals surface area contributed by atoms with Crippen LogP contribution >= 0.6 is 0 Å². The highest BCUT2D eigenvalue weighted by molar-refractivity contribution is 5.92. The molecular formula is C21H15F3N6O2. The van der Waals surface area contributed by atoms with Crippen molar-refractivity contribution in [2.24, 2.45) is 0 Å². The fraction of sp³-hybridized carbons (Fsp3) is 0.143. The summed E-state index contributed by atoms with van der Waals surface area (Å²) < 4.78 is 47.8. The van der Waals surface area contributed by atoms with Crippen molar-refractivity contribution in [1.82, 2.24) is 24.5 Å². The van der Waals surface area contributed by atoms with E-state index in [1.807, 2.05) is 6.07 Å². The number of anilines is 1. The van der Waals surface area contributed by atoms with Gasteiger partial charge in [0.15, 0.2) is 0 Å². The van der Waals surface area contributed by atoms with Crippen LogP contribution in [0.4, 0.5) is 19.1 Å². The van der Waals surface area contributed by atoms with Gasteiger partial charge in [-0.05, 0) is 42.5 Å². The maximum Gasteiger partial charge on any atom is 0.416 e. The monoisotopic (exact) mass is 440 g/mol. The zero-order chi connectivity index (χ0) is 22.3. The number of rotatable bonds is 5. The molecule has 0 spiro atoms. The van der Waals surface area contributed by atoms with Crippen LogP contribution in [0.15, 0.2) is 65.3 Å². The molecule has 1 N–H and O–H groups in total. The second kappa shape index (κ2) is 7.52. The summed E-state index contributed by atoms with van der Waals surface area (Å²) in [4.78, 5) is 17.0. The number of hydrogen-bond acceptors (Lipinski definition) is 5. The lowest BCUT2D eigenvalue weighted by Crippen LogP contribution is -2.22. The van der Waals surface area contributed by atoms with Gasteiger partial charge in [0.25, 0.3) is 0 Å². The second-order valence-corrected chi connectivity index (χ2v) is 7.09. The third kappa shape index (κ3) is 3.68. The molecule has 2 aromatic carbocycles. The van der Waals surface area contributed by atoms with Crippen molar-refractivity contribution in [1.29, 1.82) is 0 Å². The average Bonchev–Trinajstić information content (AvgIpc) is 3.48. The number of para-hydroxylation sites is 1. The molecule has 5 rings (SSSR count). The number of aromatic nitrogens is 5. The molecule has 3 aromatic heterocycles.